The van der Waals surface area contributed by atoms with E-state index in [1.165, 1.54) is 0 Å². The molecular formula is C11H22N2O4. The number of nitrogens with zero attached hydrogens (tertiary/aromatic N) is 1. The van der Waals surface area contributed by atoms with E-state index >= 15 is 0 Å². The molecule has 1 unspecified atom stereocenters. The number of ether oxygens (including phenoxy) is 1. The smallest absolute Gasteiger partial charge is 0.317 e. The van der Waals surface area contributed by atoms with Gasteiger partial charge in [0, 0.05) is 26.2 Å². The fourth-order valence-corrected chi connectivity index (χ4v) is 1.21. The van der Waals surface area contributed by atoms with Gasteiger partial charge in [0.1, 0.15) is 0 Å². The second-order valence-electron chi connectivity index (χ2n) is 4.21. The van der Waals surface area contributed by atoms with Gasteiger partial charge in [-0.2, -0.15) is 0 Å². The highest BCUT2D eigenvalue weighted by atomic mass is 16.5. The van der Waals surface area contributed by atoms with Crippen molar-refractivity contribution in [2.75, 3.05) is 26.8 Å². The van der Waals surface area contributed by atoms with Gasteiger partial charge in [-0.25, -0.2) is 4.79 Å². The number of carbonyl (C=O) groups excluding carboxylic acids is 1. The SMILES string of the molecule is COCCN(C(=O)NCC(C)C(=O)O)C(C)C. The first-order chi connectivity index (χ1) is 7.90. The van der Waals surface area contributed by atoms with Gasteiger partial charge in [0.15, 0.2) is 0 Å². The van der Waals surface area contributed by atoms with Gasteiger partial charge in [-0.3, -0.25) is 4.79 Å². The first-order valence-corrected chi connectivity index (χ1v) is 5.66. The molecule has 0 aliphatic rings. The van der Waals surface area contributed by atoms with Crippen LogP contribution < -0.4 is 5.32 Å². The van der Waals surface area contributed by atoms with Crippen molar-refractivity contribution in [2.24, 2.45) is 5.92 Å². The van der Waals surface area contributed by atoms with Crippen LogP contribution in [-0.4, -0.2) is 54.9 Å². The van der Waals surface area contributed by atoms with Gasteiger partial charge in [0.25, 0.3) is 0 Å². The molecule has 0 heterocycles. The second kappa shape index (κ2) is 7.89. The summed E-state index contributed by atoms with van der Waals surface area (Å²) < 4.78 is 4.92. The molecular weight excluding hydrogens is 224 g/mol. The molecule has 100 valence electrons. The molecule has 0 radical (unpaired) electrons. The topological polar surface area (TPSA) is 78.9 Å². The van der Waals surface area contributed by atoms with Crippen LogP contribution >= 0.6 is 0 Å². The molecule has 0 saturated carbocycles. The lowest BCUT2D eigenvalue weighted by Crippen LogP contribution is -2.47. The zero-order valence-electron chi connectivity index (χ0n) is 10.9. The van der Waals surface area contributed by atoms with Crippen LogP contribution in [0.2, 0.25) is 0 Å². The van der Waals surface area contributed by atoms with Crippen molar-refractivity contribution in [3.63, 3.8) is 0 Å². The van der Waals surface area contributed by atoms with Gasteiger partial charge in [-0.1, -0.05) is 6.92 Å². The molecule has 0 fully saturated rings. The maximum atomic E-state index is 11.8. The zero-order valence-corrected chi connectivity index (χ0v) is 10.9. The Morgan fingerprint density at radius 3 is 2.35 bits per heavy atom. The Morgan fingerprint density at radius 1 is 1.35 bits per heavy atom. The summed E-state index contributed by atoms with van der Waals surface area (Å²) >= 11 is 0. The number of carboxylic acid groups (broad SMARTS) is 1. The van der Waals surface area contributed by atoms with Crippen molar-refractivity contribution in [3.8, 4) is 0 Å². The van der Waals surface area contributed by atoms with Crippen LogP contribution in [0.25, 0.3) is 0 Å². The van der Waals surface area contributed by atoms with E-state index in [-0.39, 0.29) is 18.6 Å². The molecule has 2 N–H and O–H groups in total. The number of carbonyl (C=O) groups is 2. The van der Waals surface area contributed by atoms with Crippen molar-refractivity contribution < 1.29 is 19.4 Å². The summed E-state index contributed by atoms with van der Waals surface area (Å²) in [5.74, 6) is -1.51. The van der Waals surface area contributed by atoms with Gasteiger partial charge >= 0.3 is 12.0 Å². The van der Waals surface area contributed by atoms with Crippen molar-refractivity contribution in [1.82, 2.24) is 10.2 Å². The normalized spacial score (nSPS) is 12.3. The molecule has 0 aliphatic carbocycles. The Balaban J connectivity index is 4.18. The summed E-state index contributed by atoms with van der Waals surface area (Å²) in [6.45, 7) is 6.43. The fourth-order valence-electron chi connectivity index (χ4n) is 1.21. The van der Waals surface area contributed by atoms with Gasteiger partial charge in [-0.05, 0) is 13.8 Å². The van der Waals surface area contributed by atoms with E-state index < -0.39 is 11.9 Å². The molecule has 0 aromatic carbocycles. The van der Waals surface area contributed by atoms with Crippen LogP contribution in [0.3, 0.4) is 0 Å². The summed E-state index contributed by atoms with van der Waals surface area (Å²) in [5.41, 5.74) is 0. The molecule has 0 spiro atoms. The van der Waals surface area contributed by atoms with Gasteiger partial charge < -0.3 is 20.1 Å². The summed E-state index contributed by atoms with van der Waals surface area (Å²) in [4.78, 5) is 24.0. The van der Waals surface area contributed by atoms with Gasteiger partial charge in [0.2, 0.25) is 0 Å². The molecule has 0 aromatic heterocycles. The number of aliphatic carboxylic acids is 1. The minimum Gasteiger partial charge on any atom is -0.481 e. The van der Waals surface area contributed by atoms with Crippen molar-refractivity contribution in [1.29, 1.82) is 0 Å². The molecule has 1 atom stereocenters. The van der Waals surface area contributed by atoms with Crippen LogP contribution in [0.1, 0.15) is 20.8 Å². The molecule has 6 nitrogen and oxygen atoms in total. The van der Waals surface area contributed by atoms with Crippen LogP contribution in [0.15, 0.2) is 0 Å². The lowest BCUT2D eigenvalue weighted by Gasteiger charge is -2.27. The van der Waals surface area contributed by atoms with E-state index in [0.717, 1.165) is 0 Å². The monoisotopic (exact) mass is 246 g/mol. The van der Waals surface area contributed by atoms with Crippen LogP contribution in [0.4, 0.5) is 4.79 Å². The summed E-state index contributed by atoms with van der Waals surface area (Å²) in [7, 11) is 1.57. The Bertz CT molecular complexity index is 256. The van der Waals surface area contributed by atoms with Crippen molar-refractivity contribution in [2.45, 2.75) is 26.8 Å². The second-order valence-corrected chi connectivity index (χ2v) is 4.21. The standard InChI is InChI=1S/C11H22N2O4/c1-8(2)13(5-6-17-4)11(16)12-7-9(3)10(14)15/h8-9H,5-7H2,1-4H3,(H,12,16)(H,14,15). The van der Waals surface area contributed by atoms with E-state index in [0.29, 0.717) is 13.2 Å². The minimum absolute atomic E-state index is 0.0466. The predicted octanol–water partition coefficient (Wildman–Crippen LogP) is 0.773. The van der Waals surface area contributed by atoms with Gasteiger partial charge in [0.05, 0.1) is 12.5 Å². The molecule has 0 aliphatic heterocycles. The van der Waals surface area contributed by atoms with E-state index in [1.54, 1.807) is 18.9 Å². The first kappa shape index (κ1) is 15.7. The maximum Gasteiger partial charge on any atom is 0.317 e. The first-order valence-electron chi connectivity index (χ1n) is 5.66. The highest BCUT2D eigenvalue weighted by Gasteiger charge is 2.18. The lowest BCUT2D eigenvalue weighted by molar-refractivity contribution is -0.140. The molecule has 0 rings (SSSR count). The average Bonchev–Trinajstić information content (AvgIpc) is 2.25. The van der Waals surface area contributed by atoms with E-state index in [4.69, 9.17) is 9.84 Å². The Hall–Kier alpha value is -1.30. The third kappa shape index (κ3) is 6.11. The summed E-state index contributed by atoms with van der Waals surface area (Å²) in [6, 6.07) is -0.213. The van der Waals surface area contributed by atoms with Crippen molar-refractivity contribution in [3.05, 3.63) is 0 Å². The highest BCUT2D eigenvalue weighted by Crippen LogP contribution is 2.00. The average molecular weight is 246 g/mol. The predicted molar refractivity (Wildman–Crippen MR) is 63.9 cm³/mol. The zero-order chi connectivity index (χ0) is 13.4. The molecule has 6 heteroatoms. The number of rotatable bonds is 7. The molecule has 0 saturated heterocycles. The largest absolute Gasteiger partial charge is 0.481 e. The number of methoxy groups -OCH3 is 1. The molecule has 17 heavy (non-hydrogen) atoms. The molecule has 0 aromatic rings. The molecule has 2 amide bonds. The number of hydrogen-bond acceptors (Lipinski definition) is 3. The number of nitrogens with one attached hydrogen (secondary N) is 1. The van der Waals surface area contributed by atoms with Crippen molar-refractivity contribution >= 4 is 12.0 Å². The van der Waals surface area contributed by atoms with Crippen LogP contribution in [0.5, 0.6) is 0 Å². The lowest BCUT2D eigenvalue weighted by atomic mass is 10.2. The Labute approximate surface area is 102 Å². The number of amides is 2. The quantitative estimate of drug-likeness (QED) is 0.695. The van der Waals surface area contributed by atoms with Gasteiger partial charge in [-0.15, -0.1) is 0 Å². The van der Waals surface area contributed by atoms with Crippen LogP contribution in [0, 0.1) is 5.92 Å². The Morgan fingerprint density at radius 2 is 1.94 bits per heavy atom. The minimum atomic E-state index is -0.918. The number of urea groups is 1. The van der Waals surface area contributed by atoms with E-state index in [2.05, 4.69) is 5.32 Å². The fraction of sp³-hybridized carbons (Fsp3) is 0.818. The summed E-state index contributed by atoms with van der Waals surface area (Å²) in [6.07, 6.45) is 0. The number of hydrogen-bond donors (Lipinski definition) is 2. The third-order valence-corrected chi connectivity index (χ3v) is 2.40. The van der Waals surface area contributed by atoms with E-state index in [9.17, 15) is 9.59 Å². The summed E-state index contributed by atoms with van der Waals surface area (Å²) in [5, 5.41) is 11.3. The maximum absolute atomic E-state index is 11.8. The Kier molecular flexibility index (Phi) is 7.29. The third-order valence-electron chi connectivity index (χ3n) is 2.40. The molecule has 0 bridgehead atoms. The van der Waals surface area contributed by atoms with Crippen LogP contribution in [-0.2, 0) is 9.53 Å². The number of carboxylic acids is 1. The van der Waals surface area contributed by atoms with E-state index in [1.807, 2.05) is 13.8 Å². The highest BCUT2D eigenvalue weighted by molar-refractivity contribution is 5.76.